The van der Waals surface area contributed by atoms with Crippen LogP contribution >= 0.6 is 11.6 Å². The first-order valence-electron chi connectivity index (χ1n) is 5.71. The second-order valence-electron chi connectivity index (χ2n) is 4.35. The van der Waals surface area contributed by atoms with Crippen molar-refractivity contribution in [2.45, 2.75) is 25.7 Å². The van der Waals surface area contributed by atoms with E-state index in [2.05, 4.69) is 15.0 Å². The van der Waals surface area contributed by atoms with E-state index in [9.17, 15) is 0 Å². The van der Waals surface area contributed by atoms with Gasteiger partial charge in [0.1, 0.15) is 11.6 Å². The Morgan fingerprint density at radius 1 is 1.06 bits per heavy atom. The predicted molar refractivity (Wildman–Crippen MR) is 67.0 cm³/mol. The number of rotatable bonds is 2. The van der Waals surface area contributed by atoms with E-state index < -0.39 is 0 Å². The zero-order valence-electron chi connectivity index (χ0n) is 9.52. The van der Waals surface area contributed by atoms with Gasteiger partial charge in [-0.05, 0) is 44.0 Å². The minimum atomic E-state index is 0.544. The predicted octanol–water partition coefficient (Wildman–Crippen LogP) is 3.38. The Bertz CT molecular complexity index is 547. The maximum absolute atomic E-state index is 5.87. The van der Waals surface area contributed by atoms with Crippen LogP contribution in [0, 0.1) is 6.92 Å². The van der Waals surface area contributed by atoms with Crippen LogP contribution in [-0.4, -0.2) is 15.0 Å². The molecule has 2 aromatic rings. The van der Waals surface area contributed by atoms with Gasteiger partial charge in [0, 0.05) is 16.5 Å². The number of aromatic nitrogens is 3. The largest absolute Gasteiger partial charge is 0.218 e. The van der Waals surface area contributed by atoms with E-state index in [1.165, 1.54) is 12.8 Å². The SMILES string of the molecule is Cc1nc(-c2ccc(Cl)cc2)nc(C2CC2)n1. The van der Waals surface area contributed by atoms with Crippen molar-refractivity contribution in [3.8, 4) is 11.4 Å². The maximum Gasteiger partial charge on any atom is 0.163 e. The lowest BCUT2D eigenvalue weighted by molar-refractivity contribution is 0.860. The van der Waals surface area contributed by atoms with Crippen LogP contribution in [0.4, 0.5) is 0 Å². The monoisotopic (exact) mass is 245 g/mol. The molecule has 1 heterocycles. The van der Waals surface area contributed by atoms with Crippen LogP contribution in [0.15, 0.2) is 24.3 Å². The molecule has 3 nitrogen and oxygen atoms in total. The molecule has 1 aromatic carbocycles. The molecule has 0 unspecified atom stereocenters. The number of nitrogens with zero attached hydrogens (tertiary/aromatic N) is 3. The normalized spacial score (nSPS) is 14.9. The standard InChI is InChI=1S/C13H12ClN3/c1-8-15-12(9-2-3-9)17-13(16-8)10-4-6-11(14)7-5-10/h4-7,9H,2-3H2,1H3. The first-order valence-corrected chi connectivity index (χ1v) is 6.09. The molecule has 86 valence electrons. The van der Waals surface area contributed by atoms with Crippen LogP contribution in [0.5, 0.6) is 0 Å². The molecule has 0 aliphatic heterocycles. The topological polar surface area (TPSA) is 38.7 Å². The average Bonchev–Trinajstić information content (AvgIpc) is 3.13. The van der Waals surface area contributed by atoms with Crippen LogP contribution in [-0.2, 0) is 0 Å². The number of benzene rings is 1. The van der Waals surface area contributed by atoms with Crippen molar-refractivity contribution in [1.82, 2.24) is 15.0 Å². The van der Waals surface area contributed by atoms with Crippen molar-refractivity contribution in [3.05, 3.63) is 40.9 Å². The van der Waals surface area contributed by atoms with Gasteiger partial charge in [0.25, 0.3) is 0 Å². The molecule has 0 N–H and O–H groups in total. The maximum atomic E-state index is 5.87. The minimum Gasteiger partial charge on any atom is -0.218 e. The highest BCUT2D eigenvalue weighted by Crippen LogP contribution is 2.38. The second kappa shape index (κ2) is 4.08. The third-order valence-electron chi connectivity index (χ3n) is 2.81. The molecule has 0 amide bonds. The quantitative estimate of drug-likeness (QED) is 0.814. The van der Waals surface area contributed by atoms with Crippen LogP contribution < -0.4 is 0 Å². The molecule has 0 radical (unpaired) electrons. The number of halogens is 1. The zero-order chi connectivity index (χ0) is 11.8. The summed E-state index contributed by atoms with van der Waals surface area (Å²) in [5, 5.41) is 0.724. The van der Waals surface area contributed by atoms with E-state index in [0.29, 0.717) is 5.92 Å². The summed E-state index contributed by atoms with van der Waals surface area (Å²) < 4.78 is 0. The number of hydrogen-bond acceptors (Lipinski definition) is 3. The average molecular weight is 246 g/mol. The highest BCUT2D eigenvalue weighted by atomic mass is 35.5. The van der Waals surface area contributed by atoms with Crippen molar-refractivity contribution < 1.29 is 0 Å². The van der Waals surface area contributed by atoms with E-state index in [4.69, 9.17) is 11.6 Å². The van der Waals surface area contributed by atoms with Gasteiger partial charge in [-0.2, -0.15) is 0 Å². The van der Waals surface area contributed by atoms with E-state index in [1.807, 2.05) is 31.2 Å². The molecule has 0 atom stereocenters. The Hall–Kier alpha value is -1.48. The zero-order valence-corrected chi connectivity index (χ0v) is 10.3. The molecule has 1 aromatic heterocycles. The molecule has 3 rings (SSSR count). The Kier molecular flexibility index (Phi) is 2.56. The summed E-state index contributed by atoms with van der Waals surface area (Å²) in [6.07, 6.45) is 2.40. The molecular weight excluding hydrogens is 234 g/mol. The van der Waals surface area contributed by atoms with E-state index in [0.717, 1.165) is 28.1 Å². The van der Waals surface area contributed by atoms with Gasteiger partial charge in [0.2, 0.25) is 0 Å². The highest BCUT2D eigenvalue weighted by Gasteiger charge is 2.27. The number of hydrogen-bond donors (Lipinski definition) is 0. The Balaban J connectivity index is 2.04. The minimum absolute atomic E-state index is 0.544. The van der Waals surface area contributed by atoms with Gasteiger partial charge in [0.05, 0.1) is 0 Å². The van der Waals surface area contributed by atoms with Crippen molar-refractivity contribution in [1.29, 1.82) is 0 Å². The van der Waals surface area contributed by atoms with Gasteiger partial charge in [-0.25, -0.2) is 15.0 Å². The third kappa shape index (κ3) is 2.29. The molecule has 1 aliphatic carbocycles. The van der Waals surface area contributed by atoms with Crippen LogP contribution in [0.1, 0.15) is 30.4 Å². The first kappa shape index (κ1) is 10.7. The first-order chi connectivity index (χ1) is 8.22. The Morgan fingerprint density at radius 3 is 2.41 bits per heavy atom. The lowest BCUT2D eigenvalue weighted by Crippen LogP contribution is -2.01. The van der Waals surface area contributed by atoms with Crippen molar-refractivity contribution >= 4 is 11.6 Å². The van der Waals surface area contributed by atoms with Crippen LogP contribution in [0.2, 0.25) is 5.02 Å². The second-order valence-corrected chi connectivity index (χ2v) is 4.78. The molecule has 17 heavy (non-hydrogen) atoms. The molecule has 1 fully saturated rings. The molecule has 0 saturated heterocycles. The van der Waals surface area contributed by atoms with E-state index in [-0.39, 0.29) is 0 Å². The van der Waals surface area contributed by atoms with Gasteiger partial charge >= 0.3 is 0 Å². The molecule has 0 bridgehead atoms. The van der Waals surface area contributed by atoms with Crippen molar-refractivity contribution in [3.63, 3.8) is 0 Å². The summed E-state index contributed by atoms with van der Waals surface area (Å²) in [7, 11) is 0. The summed E-state index contributed by atoms with van der Waals surface area (Å²) in [5.41, 5.74) is 0.988. The summed E-state index contributed by atoms with van der Waals surface area (Å²) in [6, 6.07) is 7.58. The van der Waals surface area contributed by atoms with E-state index >= 15 is 0 Å². The third-order valence-corrected chi connectivity index (χ3v) is 3.06. The lowest BCUT2D eigenvalue weighted by Gasteiger charge is -2.04. The Labute approximate surface area is 105 Å². The fourth-order valence-electron chi connectivity index (χ4n) is 1.75. The smallest absolute Gasteiger partial charge is 0.163 e. The lowest BCUT2D eigenvalue weighted by atomic mass is 10.2. The molecular formula is C13H12ClN3. The fourth-order valence-corrected chi connectivity index (χ4v) is 1.88. The molecule has 1 saturated carbocycles. The fraction of sp³-hybridized carbons (Fsp3) is 0.308. The van der Waals surface area contributed by atoms with Gasteiger partial charge in [-0.15, -0.1) is 0 Å². The van der Waals surface area contributed by atoms with Gasteiger partial charge in [0.15, 0.2) is 5.82 Å². The summed E-state index contributed by atoms with van der Waals surface area (Å²) >= 11 is 5.87. The summed E-state index contributed by atoms with van der Waals surface area (Å²) in [6.45, 7) is 1.91. The number of aryl methyl sites for hydroxylation is 1. The molecule has 4 heteroatoms. The van der Waals surface area contributed by atoms with Gasteiger partial charge in [-0.1, -0.05) is 11.6 Å². The molecule has 1 aliphatic rings. The van der Waals surface area contributed by atoms with Gasteiger partial charge in [-0.3, -0.25) is 0 Å². The Morgan fingerprint density at radius 2 is 1.76 bits per heavy atom. The highest BCUT2D eigenvalue weighted by molar-refractivity contribution is 6.30. The summed E-state index contributed by atoms with van der Waals surface area (Å²) in [4.78, 5) is 13.3. The van der Waals surface area contributed by atoms with Gasteiger partial charge < -0.3 is 0 Å². The van der Waals surface area contributed by atoms with E-state index in [1.54, 1.807) is 0 Å². The van der Waals surface area contributed by atoms with Crippen molar-refractivity contribution in [2.24, 2.45) is 0 Å². The van der Waals surface area contributed by atoms with Crippen LogP contribution in [0.25, 0.3) is 11.4 Å². The summed E-state index contributed by atoms with van der Waals surface area (Å²) in [5.74, 6) is 3.01. The van der Waals surface area contributed by atoms with Crippen molar-refractivity contribution in [2.75, 3.05) is 0 Å². The molecule has 0 spiro atoms. The van der Waals surface area contributed by atoms with Crippen LogP contribution in [0.3, 0.4) is 0 Å².